The van der Waals surface area contributed by atoms with Gasteiger partial charge in [-0.2, -0.15) is 0 Å². The van der Waals surface area contributed by atoms with E-state index in [1.807, 2.05) is 30.7 Å². The highest BCUT2D eigenvalue weighted by Crippen LogP contribution is 2.45. The Kier molecular flexibility index (Phi) is 5.50. The Balaban J connectivity index is 1.83. The first-order chi connectivity index (χ1) is 14.1. The van der Waals surface area contributed by atoms with Crippen molar-refractivity contribution in [1.82, 2.24) is 14.5 Å². The summed E-state index contributed by atoms with van der Waals surface area (Å²) >= 11 is 0. The number of rotatable bonds is 6. The summed E-state index contributed by atoms with van der Waals surface area (Å²) in [5.41, 5.74) is 7.95. The van der Waals surface area contributed by atoms with Gasteiger partial charge in [0.1, 0.15) is 0 Å². The number of fused-ring (bicyclic) bond motifs is 2. The number of carbonyl (C=O) groups excluding carboxylic acids is 1. The maximum Gasteiger partial charge on any atom is 0.336 e. The van der Waals surface area contributed by atoms with Crippen LogP contribution in [0.2, 0.25) is 0 Å². The molecule has 0 saturated carbocycles. The molecule has 154 valence electrons. The maximum absolute atomic E-state index is 12.8. The van der Waals surface area contributed by atoms with Crippen molar-refractivity contribution in [3.05, 3.63) is 54.3 Å². The maximum atomic E-state index is 12.8. The van der Waals surface area contributed by atoms with Gasteiger partial charge in [-0.1, -0.05) is 24.8 Å². The average Bonchev–Trinajstić information content (AvgIpc) is 3.03. The highest BCUT2D eigenvalue weighted by Gasteiger charge is 2.38. The molecular weight excluding hydrogens is 360 g/mol. The third-order valence-electron chi connectivity index (χ3n) is 6.69. The van der Waals surface area contributed by atoms with Crippen molar-refractivity contribution in [3.8, 4) is 0 Å². The monoisotopic (exact) mass is 392 g/mol. The van der Waals surface area contributed by atoms with E-state index in [0.29, 0.717) is 25.0 Å². The predicted octanol–water partition coefficient (Wildman–Crippen LogP) is 4.58. The molecule has 29 heavy (non-hydrogen) atoms. The lowest BCUT2D eigenvalue weighted by Gasteiger charge is -2.44. The smallest absolute Gasteiger partial charge is 0.324 e. The minimum absolute atomic E-state index is 0.0723. The second kappa shape index (κ2) is 8.07. The van der Waals surface area contributed by atoms with Crippen LogP contribution in [0.1, 0.15) is 49.4 Å². The molecule has 0 bridgehead atoms. The summed E-state index contributed by atoms with van der Waals surface area (Å²) in [5, 5.41) is 1.31. The molecule has 4 rings (SSSR count). The summed E-state index contributed by atoms with van der Waals surface area (Å²) in [6.07, 6.45) is 7.33. The molecule has 2 amide bonds. The van der Waals surface area contributed by atoms with E-state index in [9.17, 15) is 4.79 Å². The molecule has 1 aliphatic carbocycles. The molecule has 0 radical (unpaired) electrons. The summed E-state index contributed by atoms with van der Waals surface area (Å²) in [6, 6.07) is 6.93. The Labute approximate surface area is 173 Å². The SMILES string of the molecule is C=CCN1CCC[C@@H]2c3cccc4c3c(c(C=C)n4NC(=O)N(CC)CC)C[C@H]21. The largest absolute Gasteiger partial charge is 0.336 e. The zero-order chi connectivity index (χ0) is 20.5. The molecule has 2 heterocycles. The Morgan fingerprint density at radius 2 is 2.10 bits per heavy atom. The number of urea groups is 1. The van der Waals surface area contributed by atoms with Crippen molar-refractivity contribution in [2.24, 2.45) is 0 Å². The second-order valence-electron chi connectivity index (χ2n) is 8.04. The number of carbonyl (C=O) groups is 1. The van der Waals surface area contributed by atoms with Crippen molar-refractivity contribution in [1.29, 1.82) is 0 Å². The molecule has 0 spiro atoms. The van der Waals surface area contributed by atoms with Gasteiger partial charge in [-0.3, -0.25) is 9.58 Å². The number of nitrogens with zero attached hydrogens (tertiary/aromatic N) is 3. The van der Waals surface area contributed by atoms with Crippen LogP contribution in [0.4, 0.5) is 4.79 Å². The van der Waals surface area contributed by atoms with E-state index in [2.05, 4.69) is 41.7 Å². The van der Waals surface area contributed by atoms with E-state index in [1.165, 1.54) is 29.4 Å². The summed E-state index contributed by atoms with van der Waals surface area (Å²) in [4.78, 5) is 17.2. The van der Waals surface area contributed by atoms with Gasteiger partial charge in [-0.05, 0) is 62.9 Å². The van der Waals surface area contributed by atoms with Gasteiger partial charge < -0.3 is 4.90 Å². The van der Waals surface area contributed by atoms with Crippen LogP contribution in [0.3, 0.4) is 0 Å². The molecule has 1 fully saturated rings. The number of hydrogen-bond acceptors (Lipinski definition) is 2. The Morgan fingerprint density at radius 1 is 1.31 bits per heavy atom. The zero-order valence-electron chi connectivity index (χ0n) is 17.7. The predicted molar refractivity (Wildman–Crippen MR) is 121 cm³/mol. The summed E-state index contributed by atoms with van der Waals surface area (Å²) < 4.78 is 1.96. The molecule has 2 atom stereocenters. The number of aromatic nitrogens is 1. The van der Waals surface area contributed by atoms with E-state index < -0.39 is 0 Å². The number of likely N-dealkylation sites (tertiary alicyclic amines) is 1. The topological polar surface area (TPSA) is 40.5 Å². The average molecular weight is 393 g/mol. The molecule has 5 nitrogen and oxygen atoms in total. The lowest BCUT2D eigenvalue weighted by molar-refractivity contribution is 0.139. The van der Waals surface area contributed by atoms with Gasteiger partial charge in [0, 0.05) is 37.0 Å². The van der Waals surface area contributed by atoms with E-state index in [0.717, 1.165) is 30.7 Å². The first-order valence-electron chi connectivity index (χ1n) is 10.8. The molecule has 1 aromatic carbocycles. The van der Waals surface area contributed by atoms with Gasteiger partial charge in [0.25, 0.3) is 0 Å². The molecule has 1 aromatic heterocycles. The third kappa shape index (κ3) is 3.18. The third-order valence-corrected chi connectivity index (χ3v) is 6.69. The molecule has 0 unspecified atom stereocenters. The highest BCUT2D eigenvalue weighted by molar-refractivity contribution is 5.95. The molecule has 1 N–H and O–H groups in total. The van der Waals surface area contributed by atoms with Crippen LogP contribution >= 0.6 is 0 Å². The Hall–Kier alpha value is -2.53. The molecule has 1 aliphatic heterocycles. The number of piperidine rings is 1. The molecule has 1 saturated heterocycles. The first-order valence-corrected chi connectivity index (χ1v) is 10.8. The van der Waals surface area contributed by atoms with Gasteiger partial charge >= 0.3 is 6.03 Å². The van der Waals surface area contributed by atoms with Crippen molar-refractivity contribution >= 4 is 23.0 Å². The van der Waals surface area contributed by atoms with E-state index >= 15 is 0 Å². The minimum atomic E-state index is -0.0723. The Morgan fingerprint density at radius 3 is 2.79 bits per heavy atom. The molecule has 2 aromatic rings. The summed E-state index contributed by atoms with van der Waals surface area (Å²) in [7, 11) is 0. The van der Waals surface area contributed by atoms with E-state index in [4.69, 9.17) is 0 Å². The Bertz CT molecular complexity index is 940. The van der Waals surface area contributed by atoms with Crippen LogP contribution in [-0.4, -0.2) is 52.7 Å². The van der Waals surface area contributed by atoms with Crippen LogP contribution in [0.5, 0.6) is 0 Å². The minimum Gasteiger partial charge on any atom is -0.324 e. The normalized spacial score (nSPS) is 20.9. The highest BCUT2D eigenvalue weighted by atomic mass is 16.2. The van der Waals surface area contributed by atoms with E-state index in [1.54, 1.807) is 4.90 Å². The summed E-state index contributed by atoms with van der Waals surface area (Å²) in [5.74, 6) is 0.534. The fraction of sp³-hybridized carbons (Fsp3) is 0.458. The van der Waals surface area contributed by atoms with Gasteiger partial charge in [0.15, 0.2) is 0 Å². The van der Waals surface area contributed by atoms with Gasteiger partial charge in [0.2, 0.25) is 0 Å². The number of hydrogen-bond donors (Lipinski definition) is 1. The van der Waals surface area contributed by atoms with Crippen molar-refractivity contribution in [2.75, 3.05) is 31.6 Å². The second-order valence-corrected chi connectivity index (χ2v) is 8.04. The van der Waals surface area contributed by atoms with Crippen LogP contribution in [0, 0.1) is 0 Å². The van der Waals surface area contributed by atoms with Gasteiger partial charge in [0.05, 0.1) is 11.2 Å². The lowest BCUT2D eigenvalue weighted by atomic mass is 9.74. The van der Waals surface area contributed by atoms with Crippen LogP contribution in [0.15, 0.2) is 37.4 Å². The standard InChI is InChI=1S/C24H32N4O/c1-5-14-27-15-10-12-17-18-11-9-13-21-23(18)19(16-22(17)27)20(6-2)28(21)25-24(29)26(7-3)8-4/h5-6,9,11,13,17,22H,1-2,7-8,10,12,14-16H2,3-4H3,(H,25,29)/t17-,22-/m1/s1. The van der Waals surface area contributed by atoms with Crippen LogP contribution in [-0.2, 0) is 6.42 Å². The first kappa shape index (κ1) is 19.8. The number of amides is 2. The summed E-state index contributed by atoms with van der Waals surface area (Å²) in [6.45, 7) is 15.5. The molecule has 5 heteroatoms. The lowest BCUT2D eigenvalue weighted by Crippen LogP contribution is -2.46. The van der Waals surface area contributed by atoms with Crippen LogP contribution in [0.25, 0.3) is 17.0 Å². The quantitative estimate of drug-likeness (QED) is 0.731. The van der Waals surface area contributed by atoms with E-state index in [-0.39, 0.29) is 6.03 Å². The van der Waals surface area contributed by atoms with Gasteiger partial charge in [-0.15, -0.1) is 6.58 Å². The van der Waals surface area contributed by atoms with Crippen molar-refractivity contribution in [3.63, 3.8) is 0 Å². The zero-order valence-corrected chi connectivity index (χ0v) is 17.7. The fourth-order valence-corrected chi connectivity index (χ4v) is 5.36. The number of benzene rings is 1. The van der Waals surface area contributed by atoms with Crippen molar-refractivity contribution in [2.45, 2.75) is 45.1 Å². The van der Waals surface area contributed by atoms with Gasteiger partial charge in [-0.25, -0.2) is 10.2 Å². The molecule has 2 aliphatic rings. The molecular formula is C24H32N4O. The van der Waals surface area contributed by atoms with Crippen LogP contribution < -0.4 is 5.43 Å². The number of nitrogens with one attached hydrogen (secondary N) is 1. The fourth-order valence-electron chi connectivity index (χ4n) is 5.36. The van der Waals surface area contributed by atoms with Crippen molar-refractivity contribution < 1.29 is 4.79 Å².